The lowest BCUT2D eigenvalue weighted by Gasteiger charge is -2.16. The lowest BCUT2D eigenvalue weighted by molar-refractivity contribution is 0.275. The topological polar surface area (TPSA) is 46.2 Å². The quantitative estimate of drug-likeness (QED) is 0.776. The molecule has 3 N–H and O–H groups in total. The summed E-state index contributed by atoms with van der Waals surface area (Å²) in [7, 11) is 0. The second kappa shape index (κ2) is 4.53. The summed E-state index contributed by atoms with van der Waals surface area (Å²) in [5, 5.41) is 8.75. The smallest absolute Gasteiger partial charge is 0.128 e. The third kappa shape index (κ3) is 2.11. The van der Waals surface area contributed by atoms with Crippen LogP contribution in [0, 0.1) is 19.7 Å². The predicted molar refractivity (Wildman–Crippen MR) is 54.5 cm³/mol. The number of benzene rings is 1. The number of halogens is 1. The summed E-state index contributed by atoms with van der Waals surface area (Å²) in [6.45, 7) is 3.75. The summed E-state index contributed by atoms with van der Waals surface area (Å²) in [4.78, 5) is 0. The lowest BCUT2D eigenvalue weighted by Crippen LogP contribution is -2.15. The van der Waals surface area contributed by atoms with E-state index in [2.05, 4.69) is 0 Å². The van der Waals surface area contributed by atoms with Crippen LogP contribution in [0.15, 0.2) is 12.1 Å². The van der Waals surface area contributed by atoms with E-state index in [0.29, 0.717) is 12.0 Å². The Morgan fingerprint density at radius 1 is 1.43 bits per heavy atom. The summed E-state index contributed by atoms with van der Waals surface area (Å²) in [6.07, 6.45) is 0.390. The number of nitrogens with two attached hydrogens (primary N) is 1. The second-order valence-corrected chi connectivity index (χ2v) is 3.52. The molecule has 0 aromatic heterocycles. The summed E-state index contributed by atoms with van der Waals surface area (Å²) in [5.74, 6) is -0.283. The first kappa shape index (κ1) is 11.1. The molecule has 0 aliphatic rings. The molecule has 1 unspecified atom stereocenters. The van der Waals surface area contributed by atoms with Gasteiger partial charge in [0.25, 0.3) is 0 Å². The number of hydrogen-bond acceptors (Lipinski definition) is 2. The van der Waals surface area contributed by atoms with Gasteiger partial charge in [0.2, 0.25) is 0 Å². The van der Waals surface area contributed by atoms with Crippen molar-refractivity contribution >= 4 is 0 Å². The Balaban J connectivity index is 3.11. The summed E-state index contributed by atoms with van der Waals surface area (Å²) >= 11 is 0. The van der Waals surface area contributed by atoms with Crippen molar-refractivity contribution in [3.8, 4) is 0 Å². The Morgan fingerprint density at radius 3 is 2.64 bits per heavy atom. The molecular weight excluding hydrogens is 181 g/mol. The van der Waals surface area contributed by atoms with Crippen molar-refractivity contribution in [2.24, 2.45) is 5.73 Å². The van der Waals surface area contributed by atoms with Crippen LogP contribution in [0.4, 0.5) is 4.39 Å². The monoisotopic (exact) mass is 197 g/mol. The zero-order valence-electron chi connectivity index (χ0n) is 8.55. The van der Waals surface area contributed by atoms with Gasteiger partial charge in [0.1, 0.15) is 5.82 Å². The van der Waals surface area contributed by atoms with Crippen LogP contribution >= 0.6 is 0 Å². The van der Waals surface area contributed by atoms with Gasteiger partial charge in [0, 0.05) is 18.2 Å². The molecule has 0 fully saturated rings. The summed E-state index contributed by atoms with van der Waals surface area (Å²) < 4.78 is 13.4. The fraction of sp³-hybridized carbons (Fsp3) is 0.455. The maximum Gasteiger partial charge on any atom is 0.128 e. The van der Waals surface area contributed by atoms with E-state index in [0.717, 1.165) is 11.1 Å². The van der Waals surface area contributed by atoms with Crippen LogP contribution in [0.3, 0.4) is 0 Å². The Bertz CT molecular complexity index is 325. The molecule has 0 aliphatic carbocycles. The van der Waals surface area contributed by atoms with Crippen LogP contribution in [0.2, 0.25) is 0 Å². The SMILES string of the molecule is Cc1ccc(F)c(C(N)CCO)c1C. The van der Waals surface area contributed by atoms with Gasteiger partial charge in [-0.15, -0.1) is 0 Å². The molecule has 2 nitrogen and oxygen atoms in total. The van der Waals surface area contributed by atoms with E-state index in [4.69, 9.17) is 10.8 Å². The van der Waals surface area contributed by atoms with Gasteiger partial charge >= 0.3 is 0 Å². The van der Waals surface area contributed by atoms with Gasteiger partial charge in [0.05, 0.1) is 0 Å². The normalized spacial score (nSPS) is 12.9. The molecule has 0 radical (unpaired) electrons. The molecule has 0 bridgehead atoms. The van der Waals surface area contributed by atoms with E-state index in [1.807, 2.05) is 13.8 Å². The predicted octanol–water partition coefficient (Wildman–Crippen LogP) is 1.82. The molecule has 0 saturated carbocycles. The molecule has 1 aromatic carbocycles. The van der Waals surface area contributed by atoms with E-state index in [1.165, 1.54) is 6.07 Å². The van der Waals surface area contributed by atoms with E-state index >= 15 is 0 Å². The van der Waals surface area contributed by atoms with E-state index in [1.54, 1.807) is 6.07 Å². The first-order valence-electron chi connectivity index (χ1n) is 4.70. The van der Waals surface area contributed by atoms with Crippen molar-refractivity contribution < 1.29 is 9.50 Å². The molecule has 0 heterocycles. The van der Waals surface area contributed by atoms with Gasteiger partial charge in [0.15, 0.2) is 0 Å². The largest absolute Gasteiger partial charge is 0.396 e. The minimum atomic E-state index is -0.417. The number of rotatable bonds is 3. The molecule has 1 atom stereocenters. The van der Waals surface area contributed by atoms with Crippen molar-refractivity contribution in [2.75, 3.05) is 6.61 Å². The van der Waals surface area contributed by atoms with Gasteiger partial charge in [-0.1, -0.05) is 6.07 Å². The molecule has 0 amide bonds. The van der Waals surface area contributed by atoms with E-state index in [-0.39, 0.29) is 12.4 Å². The van der Waals surface area contributed by atoms with Crippen LogP contribution in [-0.2, 0) is 0 Å². The number of aryl methyl sites for hydroxylation is 1. The highest BCUT2D eigenvalue weighted by Crippen LogP contribution is 2.24. The molecule has 78 valence electrons. The fourth-order valence-corrected chi connectivity index (χ4v) is 1.54. The van der Waals surface area contributed by atoms with Crippen LogP contribution in [0.25, 0.3) is 0 Å². The minimum Gasteiger partial charge on any atom is -0.396 e. The number of aliphatic hydroxyl groups is 1. The van der Waals surface area contributed by atoms with Crippen LogP contribution in [-0.4, -0.2) is 11.7 Å². The Labute approximate surface area is 83.6 Å². The zero-order chi connectivity index (χ0) is 10.7. The Morgan fingerprint density at radius 2 is 2.07 bits per heavy atom. The zero-order valence-corrected chi connectivity index (χ0v) is 8.55. The highest BCUT2D eigenvalue weighted by molar-refractivity contribution is 5.36. The highest BCUT2D eigenvalue weighted by Gasteiger charge is 2.14. The van der Waals surface area contributed by atoms with Crippen molar-refractivity contribution in [3.05, 3.63) is 34.6 Å². The molecular formula is C11H16FNO. The van der Waals surface area contributed by atoms with Crippen LogP contribution in [0.1, 0.15) is 29.2 Å². The highest BCUT2D eigenvalue weighted by atomic mass is 19.1. The fourth-order valence-electron chi connectivity index (χ4n) is 1.54. The average Bonchev–Trinajstić information content (AvgIpc) is 2.13. The van der Waals surface area contributed by atoms with Gasteiger partial charge in [-0.3, -0.25) is 0 Å². The van der Waals surface area contributed by atoms with Gasteiger partial charge < -0.3 is 10.8 Å². The molecule has 0 spiro atoms. The molecule has 3 heteroatoms. The van der Waals surface area contributed by atoms with Crippen molar-refractivity contribution in [2.45, 2.75) is 26.3 Å². The molecule has 14 heavy (non-hydrogen) atoms. The molecule has 1 aromatic rings. The average molecular weight is 197 g/mol. The first-order chi connectivity index (χ1) is 6.57. The van der Waals surface area contributed by atoms with Gasteiger partial charge in [-0.05, 0) is 37.5 Å². The van der Waals surface area contributed by atoms with E-state index in [9.17, 15) is 4.39 Å². The van der Waals surface area contributed by atoms with Crippen LogP contribution in [0.5, 0.6) is 0 Å². The number of aliphatic hydroxyl groups excluding tert-OH is 1. The van der Waals surface area contributed by atoms with Crippen molar-refractivity contribution in [1.82, 2.24) is 0 Å². The molecule has 0 saturated heterocycles. The second-order valence-electron chi connectivity index (χ2n) is 3.52. The summed E-state index contributed by atoms with van der Waals surface area (Å²) in [5.41, 5.74) is 8.21. The molecule has 0 aliphatic heterocycles. The van der Waals surface area contributed by atoms with Gasteiger partial charge in [-0.25, -0.2) is 4.39 Å². The van der Waals surface area contributed by atoms with Crippen LogP contribution < -0.4 is 5.73 Å². The maximum atomic E-state index is 13.4. The minimum absolute atomic E-state index is 0.0199. The van der Waals surface area contributed by atoms with Gasteiger partial charge in [-0.2, -0.15) is 0 Å². The lowest BCUT2D eigenvalue weighted by atomic mass is 9.96. The van der Waals surface area contributed by atoms with Crippen molar-refractivity contribution in [3.63, 3.8) is 0 Å². The maximum absolute atomic E-state index is 13.4. The third-order valence-electron chi connectivity index (χ3n) is 2.54. The molecule has 1 rings (SSSR count). The Hall–Kier alpha value is -0.930. The van der Waals surface area contributed by atoms with E-state index < -0.39 is 6.04 Å². The third-order valence-corrected chi connectivity index (χ3v) is 2.54. The Kier molecular flexibility index (Phi) is 3.61. The number of hydrogen-bond donors (Lipinski definition) is 2. The standard InChI is InChI=1S/C11H16FNO/c1-7-3-4-9(12)11(8(7)2)10(13)5-6-14/h3-4,10,14H,5-6,13H2,1-2H3. The van der Waals surface area contributed by atoms with Crippen molar-refractivity contribution in [1.29, 1.82) is 0 Å². The summed E-state index contributed by atoms with van der Waals surface area (Å²) in [6, 6.07) is 2.74. The first-order valence-corrected chi connectivity index (χ1v) is 4.70.